The summed E-state index contributed by atoms with van der Waals surface area (Å²) in [6, 6.07) is 12.4. The topological polar surface area (TPSA) is 105 Å². The van der Waals surface area contributed by atoms with Gasteiger partial charge in [-0.1, -0.05) is 26.0 Å². The van der Waals surface area contributed by atoms with Crippen molar-refractivity contribution < 1.29 is 28.7 Å². The molecule has 3 heterocycles. The normalized spacial score (nSPS) is 21.2. The number of ether oxygens (including phenoxy) is 2. The molecule has 2 aromatic carbocycles. The zero-order valence-corrected chi connectivity index (χ0v) is 22.5. The summed E-state index contributed by atoms with van der Waals surface area (Å²) in [5.74, 6) is 0.721. The predicted molar refractivity (Wildman–Crippen MR) is 143 cm³/mol. The number of hydrogen-bond donors (Lipinski definition) is 1. The molecule has 2 aromatic rings. The maximum absolute atomic E-state index is 13.0. The van der Waals surface area contributed by atoms with E-state index < -0.39 is 11.9 Å². The van der Waals surface area contributed by atoms with Gasteiger partial charge in [-0.05, 0) is 73.1 Å². The maximum atomic E-state index is 13.0. The van der Waals surface area contributed by atoms with Crippen LogP contribution in [0.3, 0.4) is 0 Å². The van der Waals surface area contributed by atoms with Gasteiger partial charge in [0.25, 0.3) is 11.8 Å². The molecule has 4 amide bonds. The highest BCUT2D eigenvalue weighted by molar-refractivity contribution is 6.05. The van der Waals surface area contributed by atoms with Crippen LogP contribution in [0.5, 0.6) is 11.5 Å². The molecule has 3 aliphatic rings. The number of carbonyl (C=O) groups is 4. The summed E-state index contributed by atoms with van der Waals surface area (Å²) in [4.78, 5) is 53.1. The quantitative estimate of drug-likeness (QED) is 0.522. The second kappa shape index (κ2) is 11.5. The van der Waals surface area contributed by atoms with Crippen LogP contribution in [-0.2, 0) is 20.9 Å². The summed E-state index contributed by atoms with van der Waals surface area (Å²) in [5.41, 5.74) is 2.55. The lowest BCUT2D eigenvalue weighted by molar-refractivity contribution is -0.138. The first kappa shape index (κ1) is 26.7. The van der Waals surface area contributed by atoms with Crippen molar-refractivity contribution >= 4 is 23.6 Å². The lowest BCUT2D eigenvalue weighted by Gasteiger charge is -2.35. The minimum atomic E-state index is -0.649. The van der Waals surface area contributed by atoms with E-state index in [1.54, 1.807) is 12.1 Å². The minimum Gasteiger partial charge on any atom is -0.491 e. The average Bonchev–Trinajstić information content (AvgIpc) is 3.26. The molecule has 1 N–H and O–H groups in total. The third kappa shape index (κ3) is 5.92. The molecule has 2 saturated heterocycles. The third-order valence-corrected chi connectivity index (χ3v) is 7.79. The molecule has 9 heteroatoms. The van der Waals surface area contributed by atoms with E-state index in [1.807, 2.05) is 35.2 Å². The Morgan fingerprint density at radius 2 is 1.77 bits per heavy atom. The number of rotatable bonds is 8. The number of piperidine rings is 2. The zero-order valence-electron chi connectivity index (χ0n) is 22.5. The minimum absolute atomic E-state index is 0.0192. The van der Waals surface area contributed by atoms with Gasteiger partial charge >= 0.3 is 0 Å². The highest BCUT2D eigenvalue weighted by Crippen LogP contribution is 2.30. The molecule has 206 valence electrons. The van der Waals surface area contributed by atoms with Crippen molar-refractivity contribution in [1.29, 1.82) is 0 Å². The highest BCUT2D eigenvalue weighted by Gasteiger charge is 2.39. The number of carbonyl (C=O) groups excluding carboxylic acids is 4. The molecule has 0 aromatic heterocycles. The number of nitrogens with one attached hydrogen (secondary N) is 1. The second-order valence-electron chi connectivity index (χ2n) is 10.8. The summed E-state index contributed by atoms with van der Waals surface area (Å²) in [6.07, 6.45) is 3.36. The molecule has 5 rings (SSSR count). The lowest BCUT2D eigenvalue weighted by atomic mass is 10.0. The molecular weight excluding hydrogens is 498 g/mol. The molecule has 0 aliphatic carbocycles. The fourth-order valence-electron chi connectivity index (χ4n) is 5.51. The van der Waals surface area contributed by atoms with Crippen molar-refractivity contribution in [1.82, 2.24) is 15.1 Å². The van der Waals surface area contributed by atoms with Gasteiger partial charge in [-0.3, -0.25) is 24.5 Å². The molecule has 0 radical (unpaired) electrons. The average molecular weight is 534 g/mol. The number of fused-ring (bicyclic) bond motifs is 1. The fraction of sp³-hybridized carbons (Fsp3) is 0.467. The second-order valence-corrected chi connectivity index (χ2v) is 10.8. The van der Waals surface area contributed by atoms with Gasteiger partial charge in [-0.25, -0.2) is 0 Å². The molecular formula is C30H35N3O6. The molecule has 0 bridgehead atoms. The maximum Gasteiger partial charge on any atom is 0.260 e. The van der Waals surface area contributed by atoms with E-state index in [0.29, 0.717) is 49.1 Å². The molecule has 9 nitrogen and oxygen atoms in total. The van der Waals surface area contributed by atoms with Gasteiger partial charge in [-0.2, -0.15) is 0 Å². The summed E-state index contributed by atoms with van der Waals surface area (Å²) < 4.78 is 11.9. The van der Waals surface area contributed by atoms with Crippen molar-refractivity contribution in [2.24, 2.45) is 0 Å². The first-order chi connectivity index (χ1) is 18.8. The number of hydrogen-bond acceptors (Lipinski definition) is 6. The largest absolute Gasteiger partial charge is 0.491 e. The number of amides is 4. The molecule has 2 atom stereocenters. The Morgan fingerprint density at radius 1 is 1.00 bits per heavy atom. The van der Waals surface area contributed by atoms with Gasteiger partial charge in [0.05, 0.1) is 6.04 Å². The van der Waals surface area contributed by atoms with Crippen LogP contribution in [0.2, 0.25) is 0 Å². The number of nitrogens with zero attached hydrogens (tertiary/aromatic N) is 2. The van der Waals surface area contributed by atoms with Gasteiger partial charge in [-0.15, -0.1) is 0 Å². The molecule has 39 heavy (non-hydrogen) atoms. The summed E-state index contributed by atoms with van der Waals surface area (Å²) in [7, 11) is 0. The Hall–Kier alpha value is -3.88. The number of likely N-dealkylation sites (tertiary alicyclic amines) is 1. The van der Waals surface area contributed by atoms with Gasteiger partial charge in [0.2, 0.25) is 11.8 Å². The summed E-state index contributed by atoms with van der Waals surface area (Å²) in [5, 5.41) is 2.32. The summed E-state index contributed by atoms with van der Waals surface area (Å²) >= 11 is 0. The van der Waals surface area contributed by atoms with Crippen LogP contribution in [-0.4, -0.2) is 65.3 Å². The Balaban J connectivity index is 1.17. The smallest absolute Gasteiger partial charge is 0.260 e. The third-order valence-electron chi connectivity index (χ3n) is 7.79. The lowest BCUT2D eigenvalue weighted by Crippen LogP contribution is -2.52. The Labute approximate surface area is 228 Å². The van der Waals surface area contributed by atoms with Gasteiger partial charge < -0.3 is 19.3 Å². The van der Waals surface area contributed by atoms with Crippen LogP contribution < -0.4 is 14.8 Å². The zero-order chi connectivity index (χ0) is 27.5. The number of imide groups is 1. The van der Waals surface area contributed by atoms with Crippen molar-refractivity contribution in [2.45, 2.75) is 70.5 Å². The number of benzene rings is 2. The van der Waals surface area contributed by atoms with E-state index in [9.17, 15) is 19.2 Å². The SMILES string of the molecule is CC(C)c1ccc(OCC(=O)N2CCCC[C@H]2COc2ccc3c(c2)CN(C2CCC(=O)NC2=O)C3=O)cc1. The Bertz CT molecular complexity index is 1260. The van der Waals surface area contributed by atoms with Crippen molar-refractivity contribution in [3.05, 3.63) is 59.2 Å². The van der Waals surface area contributed by atoms with Gasteiger partial charge in [0.1, 0.15) is 24.1 Å². The summed E-state index contributed by atoms with van der Waals surface area (Å²) in [6.45, 7) is 5.56. The molecule has 1 unspecified atom stereocenters. The van der Waals surface area contributed by atoms with Crippen LogP contribution in [0.4, 0.5) is 0 Å². The van der Waals surface area contributed by atoms with Gasteiger partial charge in [0.15, 0.2) is 6.61 Å². The fourth-order valence-corrected chi connectivity index (χ4v) is 5.51. The van der Waals surface area contributed by atoms with Crippen molar-refractivity contribution in [3.8, 4) is 11.5 Å². The molecule has 0 spiro atoms. The van der Waals surface area contributed by atoms with Crippen molar-refractivity contribution in [2.75, 3.05) is 19.8 Å². The van der Waals surface area contributed by atoms with Crippen LogP contribution in [0.25, 0.3) is 0 Å². The first-order valence-electron chi connectivity index (χ1n) is 13.7. The Morgan fingerprint density at radius 3 is 2.51 bits per heavy atom. The first-order valence-corrected chi connectivity index (χ1v) is 13.7. The van der Waals surface area contributed by atoms with E-state index >= 15 is 0 Å². The van der Waals surface area contributed by atoms with Crippen molar-refractivity contribution in [3.63, 3.8) is 0 Å². The molecule has 2 fully saturated rings. The van der Waals surface area contributed by atoms with E-state index in [4.69, 9.17) is 9.47 Å². The van der Waals surface area contributed by atoms with E-state index in [0.717, 1.165) is 24.8 Å². The van der Waals surface area contributed by atoms with Crippen LogP contribution in [0.15, 0.2) is 42.5 Å². The van der Waals surface area contributed by atoms with Crippen LogP contribution >= 0.6 is 0 Å². The van der Waals surface area contributed by atoms with Gasteiger partial charge in [0, 0.05) is 25.1 Å². The van der Waals surface area contributed by atoms with E-state index in [2.05, 4.69) is 19.2 Å². The highest BCUT2D eigenvalue weighted by atomic mass is 16.5. The van der Waals surface area contributed by atoms with Crippen LogP contribution in [0.1, 0.15) is 73.4 Å². The monoisotopic (exact) mass is 533 g/mol. The van der Waals surface area contributed by atoms with E-state index in [1.165, 1.54) is 10.5 Å². The molecule has 0 saturated carbocycles. The Kier molecular flexibility index (Phi) is 7.86. The van der Waals surface area contributed by atoms with Crippen LogP contribution in [0, 0.1) is 0 Å². The molecule has 3 aliphatic heterocycles. The predicted octanol–water partition coefficient (Wildman–Crippen LogP) is 3.41. The van der Waals surface area contributed by atoms with E-state index in [-0.39, 0.29) is 36.8 Å². The standard InChI is InChI=1S/C30H35N3O6/c1-19(2)20-6-8-23(9-7-20)39-18-28(35)32-14-4-3-5-22(32)17-38-24-10-11-25-21(15-24)16-33(30(25)37)26-12-13-27(34)31-29(26)36/h6-11,15,19,22,26H,3-5,12-14,16-18H2,1-2H3,(H,31,34,36)/t22-,26?/m0/s1.